The summed E-state index contributed by atoms with van der Waals surface area (Å²) in [7, 11) is -3.56. The fourth-order valence-corrected chi connectivity index (χ4v) is 3.18. The zero-order valence-corrected chi connectivity index (χ0v) is 12.8. The maximum atomic E-state index is 12.2. The van der Waals surface area contributed by atoms with Crippen LogP contribution in [0.1, 0.15) is 5.82 Å². The highest BCUT2D eigenvalue weighted by molar-refractivity contribution is 7.92. The van der Waals surface area contributed by atoms with Crippen LogP contribution in [0.2, 0.25) is 0 Å². The first-order valence-electron chi connectivity index (χ1n) is 6.74. The lowest BCUT2D eigenvalue weighted by Gasteiger charge is -2.08. The van der Waals surface area contributed by atoms with E-state index < -0.39 is 10.0 Å². The van der Waals surface area contributed by atoms with Gasteiger partial charge < -0.3 is 4.98 Å². The quantitative estimate of drug-likeness (QED) is 0.777. The van der Waals surface area contributed by atoms with Crippen LogP contribution in [0.3, 0.4) is 0 Å². The number of imidazole rings is 1. The summed E-state index contributed by atoms with van der Waals surface area (Å²) < 4.78 is 27.0. The van der Waals surface area contributed by atoms with Crippen molar-refractivity contribution in [2.45, 2.75) is 11.8 Å². The van der Waals surface area contributed by atoms with Gasteiger partial charge in [0.1, 0.15) is 5.82 Å². The first-order chi connectivity index (χ1) is 10.5. The van der Waals surface area contributed by atoms with Crippen LogP contribution in [-0.2, 0) is 10.0 Å². The Hall–Kier alpha value is -2.60. The van der Waals surface area contributed by atoms with Crippen molar-refractivity contribution in [1.82, 2.24) is 9.97 Å². The van der Waals surface area contributed by atoms with Gasteiger partial charge in [0, 0.05) is 5.69 Å². The van der Waals surface area contributed by atoms with Crippen LogP contribution in [0.25, 0.3) is 11.3 Å². The lowest BCUT2D eigenvalue weighted by atomic mass is 10.1. The maximum absolute atomic E-state index is 12.2. The largest absolute Gasteiger partial charge is 0.342 e. The molecule has 2 N–H and O–H groups in total. The average Bonchev–Trinajstić information content (AvgIpc) is 2.95. The Morgan fingerprint density at radius 1 is 1.00 bits per heavy atom. The Morgan fingerprint density at radius 3 is 2.27 bits per heavy atom. The highest BCUT2D eigenvalue weighted by atomic mass is 32.2. The zero-order chi connectivity index (χ0) is 15.6. The van der Waals surface area contributed by atoms with Gasteiger partial charge in [0.25, 0.3) is 10.0 Å². The van der Waals surface area contributed by atoms with Crippen LogP contribution in [0.15, 0.2) is 65.7 Å². The summed E-state index contributed by atoms with van der Waals surface area (Å²) in [5.74, 6) is 0.837. The molecule has 3 rings (SSSR count). The average molecular weight is 313 g/mol. The van der Waals surface area contributed by atoms with E-state index in [1.54, 1.807) is 48.7 Å². The third kappa shape index (κ3) is 3.01. The Kier molecular flexibility index (Phi) is 3.68. The number of nitrogens with one attached hydrogen (secondary N) is 2. The van der Waals surface area contributed by atoms with Gasteiger partial charge in [-0.1, -0.05) is 30.3 Å². The van der Waals surface area contributed by atoms with E-state index in [4.69, 9.17) is 0 Å². The second-order valence-corrected chi connectivity index (χ2v) is 6.56. The van der Waals surface area contributed by atoms with Crippen LogP contribution < -0.4 is 4.72 Å². The first-order valence-corrected chi connectivity index (χ1v) is 8.23. The molecule has 2 aromatic carbocycles. The van der Waals surface area contributed by atoms with Crippen LogP contribution in [0, 0.1) is 6.92 Å². The van der Waals surface area contributed by atoms with Crippen molar-refractivity contribution in [3.8, 4) is 11.3 Å². The number of hydrogen-bond acceptors (Lipinski definition) is 3. The third-order valence-electron chi connectivity index (χ3n) is 3.20. The monoisotopic (exact) mass is 313 g/mol. The molecule has 0 atom stereocenters. The molecular weight excluding hydrogens is 298 g/mol. The first kappa shape index (κ1) is 14.3. The van der Waals surface area contributed by atoms with Crippen LogP contribution in [-0.4, -0.2) is 18.4 Å². The van der Waals surface area contributed by atoms with Crippen LogP contribution >= 0.6 is 0 Å². The van der Waals surface area contributed by atoms with E-state index in [1.807, 2.05) is 19.1 Å². The Labute approximate surface area is 129 Å². The molecule has 0 fully saturated rings. The van der Waals surface area contributed by atoms with Gasteiger partial charge in [-0.3, -0.25) is 4.72 Å². The molecule has 0 radical (unpaired) electrons. The van der Waals surface area contributed by atoms with Crippen molar-refractivity contribution in [2.75, 3.05) is 4.72 Å². The number of nitrogens with zero attached hydrogens (tertiary/aromatic N) is 1. The SMILES string of the molecule is Cc1ncc(-c2ccc(NS(=O)(=O)c3ccccc3)cc2)[nH]1. The second-order valence-electron chi connectivity index (χ2n) is 4.88. The van der Waals surface area contributed by atoms with Gasteiger partial charge in [0.2, 0.25) is 0 Å². The molecule has 0 saturated carbocycles. The van der Waals surface area contributed by atoms with Crippen LogP contribution in [0.4, 0.5) is 5.69 Å². The highest BCUT2D eigenvalue weighted by Crippen LogP contribution is 2.21. The molecule has 0 amide bonds. The topological polar surface area (TPSA) is 74.8 Å². The molecule has 5 nitrogen and oxygen atoms in total. The Bertz CT molecular complexity index is 869. The molecule has 0 bridgehead atoms. The zero-order valence-electron chi connectivity index (χ0n) is 11.9. The minimum atomic E-state index is -3.56. The molecule has 6 heteroatoms. The standard InChI is InChI=1S/C16H15N3O2S/c1-12-17-11-16(18-12)13-7-9-14(10-8-13)19-22(20,21)15-5-3-2-4-6-15/h2-11,19H,1H3,(H,17,18). The molecule has 0 saturated heterocycles. The van der Waals surface area contributed by atoms with Gasteiger partial charge in [-0.2, -0.15) is 0 Å². The van der Waals surface area contributed by atoms with Gasteiger partial charge in [-0.05, 0) is 36.8 Å². The fourth-order valence-electron chi connectivity index (χ4n) is 2.10. The summed E-state index contributed by atoms with van der Waals surface area (Å²) in [5.41, 5.74) is 2.36. The molecule has 112 valence electrons. The van der Waals surface area contributed by atoms with Gasteiger partial charge in [0.05, 0.1) is 16.8 Å². The number of benzene rings is 2. The predicted molar refractivity (Wildman–Crippen MR) is 86.0 cm³/mol. The summed E-state index contributed by atoms with van der Waals surface area (Å²) in [5, 5.41) is 0. The summed E-state index contributed by atoms with van der Waals surface area (Å²) in [6.07, 6.45) is 1.75. The van der Waals surface area contributed by atoms with Crippen molar-refractivity contribution in [1.29, 1.82) is 0 Å². The molecule has 22 heavy (non-hydrogen) atoms. The van der Waals surface area contributed by atoms with E-state index in [1.165, 1.54) is 0 Å². The number of aryl methyl sites for hydroxylation is 1. The third-order valence-corrected chi connectivity index (χ3v) is 4.60. The molecule has 1 aromatic heterocycles. The van der Waals surface area contributed by atoms with E-state index in [2.05, 4.69) is 14.7 Å². The molecule has 0 unspecified atom stereocenters. The minimum Gasteiger partial charge on any atom is -0.342 e. The number of hydrogen-bond donors (Lipinski definition) is 2. The lowest BCUT2D eigenvalue weighted by Crippen LogP contribution is -2.12. The summed E-state index contributed by atoms with van der Waals surface area (Å²) in [6, 6.07) is 15.4. The number of H-pyrrole nitrogens is 1. The van der Waals surface area contributed by atoms with Crippen molar-refractivity contribution in [3.63, 3.8) is 0 Å². The molecule has 3 aromatic rings. The molecule has 0 aliphatic heterocycles. The van der Waals surface area contributed by atoms with E-state index in [0.717, 1.165) is 17.1 Å². The minimum absolute atomic E-state index is 0.239. The fraction of sp³-hybridized carbons (Fsp3) is 0.0625. The predicted octanol–water partition coefficient (Wildman–Crippen LogP) is 3.19. The van der Waals surface area contributed by atoms with Crippen molar-refractivity contribution in [2.24, 2.45) is 0 Å². The van der Waals surface area contributed by atoms with E-state index in [0.29, 0.717) is 5.69 Å². The molecule has 0 aliphatic rings. The van der Waals surface area contributed by atoms with E-state index in [-0.39, 0.29) is 4.90 Å². The van der Waals surface area contributed by atoms with E-state index >= 15 is 0 Å². The summed E-state index contributed by atoms with van der Waals surface area (Å²) >= 11 is 0. The maximum Gasteiger partial charge on any atom is 0.261 e. The van der Waals surface area contributed by atoms with Crippen molar-refractivity contribution < 1.29 is 8.42 Å². The molecule has 1 heterocycles. The summed E-state index contributed by atoms with van der Waals surface area (Å²) in [4.78, 5) is 7.52. The number of rotatable bonds is 4. The number of aromatic amines is 1. The second kappa shape index (κ2) is 5.65. The molecular formula is C16H15N3O2S. The normalized spacial score (nSPS) is 11.3. The summed E-state index contributed by atoms with van der Waals surface area (Å²) in [6.45, 7) is 1.88. The molecule has 0 aliphatic carbocycles. The Balaban J connectivity index is 1.82. The molecule has 0 spiro atoms. The van der Waals surface area contributed by atoms with Gasteiger partial charge in [0.15, 0.2) is 0 Å². The van der Waals surface area contributed by atoms with Gasteiger partial charge >= 0.3 is 0 Å². The smallest absolute Gasteiger partial charge is 0.261 e. The number of anilines is 1. The van der Waals surface area contributed by atoms with Gasteiger partial charge in [-0.25, -0.2) is 13.4 Å². The van der Waals surface area contributed by atoms with Gasteiger partial charge in [-0.15, -0.1) is 0 Å². The Morgan fingerprint density at radius 2 is 1.68 bits per heavy atom. The lowest BCUT2D eigenvalue weighted by molar-refractivity contribution is 0.601. The number of sulfonamides is 1. The van der Waals surface area contributed by atoms with E-state index in [9.17, 15) is 8.42 Å². The van der Waals surface area contributed by atoms with Crippen LogP contribution in [0.5, 0.6) is 0 Å². The number of aromatic nitrogens is 2. The van der Waals surface area contributed by atoms with Crippen molar-refractivity contribution >= 4 is 15.7 Å². The highest BCUT2D eigenvalue weighted by Gasteiger charge is 2.13. The van der Waals surface area contributed by atoms with Crippen molar-refractivity contribution in [3.05, 3.63) is 66.6 Å².